The van der Waals surface area contributed by atoms with Crippen LogP contribution in [0, 0.1) is 5.92 Å². The van der Waals surface area contributed by atoms with Crippen LogP contribution in [0.2, 0.25) is 0 Å². The average molecular weight is 228 g/mol. The van der Waals surface area contributed by atoms with Crippen LogP contribution in [0.4, 0.5) is 4.79 Å². The smallest absolute Gasteiger partial charge is 0.410 e. The van der Waals surface area contributed by atoms with Gasteiger partial charge in [0.25, 0.3) is 0 Å². The number of hydrogen-bond acceptors (Lipinski definition) is 3. The van der Waals surface area contributed by atoms with E-state index >= 15 is 0 Å². The Hall–Kier alpha value is -0.770. The highest BCUT2D eigenvalue weighted by Crippen LogP contribution is 2.19. The van der Waals surface area contributed by atoms with Gasteiger partial charge in [0.1, 0.15) is 5.60 Å². The standard InChI is InChI=1S/C12H24N2O2/c1-9-8-13-7-6-10(9)14(5)11(15)16-12(2,3)4/h9-10,13H,6-8H2,1-5H3/t9-,10+/m1/s1. The molecule has 94 valence electrons. The highest BCUT2D eigenvalue weighted by atomic mass is 16.6. The van der Waals surface area contributed by atoms with Gasteiger partial charge in [-0.05, 0) is 46.2 Å². The van der Waals surface area contributed by atoms with Crippen molar-refractivity contribution < 1.29 is 9.53 Å². The quantitative estimate of drug-likeness (QED) is 0.744. The Labute approximate surface area is 98.3 Å². The second kappa shape index (κ2) is 5.04. The summed E-state index contributed by atoms with van der Waals surface area (Å²) in [4.78, 5) is 13.6. The lowest BCUT2D eigenvalue weighted by Crippen LogP contribution is -2.50. The minimum Gasteiger partial charge on any atom is -0.444 e. The molecule has 4 nitrogen and oxygen atoms in total. The highest BCUT2D eigenvalue weighted by molar-refractivity contribution is 5.68. The van der Waals surface area contributed by atoms with Gasteiger partial charge in [-0.25, -0.2) is 4.79 Å². The SMILES string of the molecule is C[C@@H]1CNCC[C@@H]1N(C)C(=O)OC(C)(C)C. The molecule has 1 aliphatic rings. The maximum absolute atomic E-state index is 11.9. The third-order valence-corrected chi connectivity index (χ3v) is 2.92. The van der Waals surface area contributed by atoms with E-state index in [1.807, 2.05) is 27.8 Å². The summed E-state index contributed by atoms with van der Waals surface area (Å²) in [5.41, 5.74) is -0.415. The van der Waals surface area contributed by atoms with Gasteiger partial charge < -0.3 is 15.0 Å². The van der Waals surface area contributed by atoms with Crippen LogP contribution in [-0.4, -0.2) is 42.8 Å². The maximum atomic E-state index is 11.9. The van der Waals surface area contributed by atoms with Gasteiger partial charge in [0.05, 0.1) is 0 Å². The summed E-state index contributed by atoms with van der Waals surface area (Å²) in [6, 6.07) is 0.288. The van der Waals surface area contributed by atoms with E-state index in [1.54, 1.807) is 4.90 Å². The largest absolute Gasteiger partial charge is 0.444 e. The summed E-state index contributed by atoms with van der Waals surface area (Å²) in [5.74, 6) is 0.478. The molecule has 0 aromatic heterocycles. The molecule has 1 saturated heterocycles. The normalized spacial score (nSPS) is 26.3. The summed E-state index contributed by atoms with van der Waals surface area (Å²) < 4.78 is 5.37. The van der Waals surface area contributed by atoms with Crippen LogP contribution in [0.15, 0.2) is 0 Å². The first-order valence-corrected chi connectivity index (χ1v) is 5.98. The van der Waals surface area contributed by atoms with E-state index in [9.17, 15) is 4.79 Å². The number of nitrogens with zero attached hydrogens (tertiary/aromatic N) is 1. The van der Waals surface area contributed by atoms with Gasteiger partial charge in [-0.15, -0.1) is 0 Å². The van der Waals surface area contributed by atoms with Crippen molar-refractivity contribution in [3.63, 3.8) is 0 Å². The number of carbonyl (C=O) groups excluding carboxylic acids is 1. The lowest BCUT2D eigenvalue weighted by molar-refractivity contribution is 0.0141. The molecule has 1 rings (SSSR count). The minimum atomic E-state index is -0.415. The van der Waals surface area contributed by atoms with Crippen molar-refractivity contribution >= 4 is 6.09 Å². The summed E-state index contributed by atoms with van der Waals surface area (Å²) in [6.45, 7) is 9.79. The second-order valence-electron chi connectivity index (χ2n) is 5.63. The van der Waals surface area contributed by atoms with Crippen molar-refractivity contribution in [1.82, 2.24) is 10.2 Å². The van der Waals surface area contributed by atoms with E-state index in [0.717, 1.165) is 19.5 Å². The fraction of sp³-hybridized carbons (Fsp3) is 0.917. The molecule has 0 spiro atoms. The van der Waals surface area contributed by atoms with Crippen LogP contribution in [0.3, 0.4) is 0 Å². The molecule has 2 atom stereocenters. The molecule has 0 bridgehead atoms. The lowest BCUT2D eigenvalue weighted by Gasteiger charge is -2.37. The zero-order chi connectivity index (χ0) is 12.3. The van der Waals surface area contributed by atoms with Gasteiger partial charge in [-0.3, -0.25) is 0 Å². The first-order valence-electron chi connectivity index (χ1n) is 5.98. The van der Waals surface area contributed by atoms with E-state index in [2.05, 4.69) is 12.2 Å². The summed E-state index contributed by atoms with van der Waals surface area (Å²) >= 11 is 0. The lowest BCUT2D eigenvalue weighted by atomic mass is 9.94. The number of nitrogens with one attached hydrogen (secondary N) is 1. The topological polar surface area (TPSA) is 41.6 Å². The number of hydrogen-bond donors (Lipinski definition) is 1. The van der Waals surface area contributed by atoms with E-state index < -0.39 is 5.60 Å². The Morgan fingerprint density at radius 1 is 1.44 bits per heavy atom. The zero-order valence-corrected chi connectivity index (χ0v) is 11.0. The molecule has 0 aromatic carbocycles. The average Bonchev–Trinajstić information content (AvgIpc) is 2.15. The van der Waals surface area contributed by atoms with Crippen molar-refractivity contribution in [2.45, 2.75) is 45.8 Å². The van der Waals surface area contributed by atoms with Gasteiger partial charge in [0, 0.05) is 13.1 Å². The van der Waals surface area contributed by atoms with Crippen LogP contribution in [0.1, 0.15) is 34.1 Å². The fourth-order valence-electron chi connectivity index (χ4n) is 2.04. The Balaban J connectivity index is 2.55. The van der Waals surface area contributed by atoms with Crippen molar-refractivity contribution in [2.24, 2.45) is 5.92 Å². The molecule has 1 amide bonds. The third-order valence-electron chi connectivity index (χ3n) is 2.92. The molecular formula is C12H24N2O2. The fourth-order valence-corrected chi connectivity index (χ4v) is 2.04. The van der Waals surface area contributed by atoms with Gasteiger partial charge in [-0.2, -0.15) is 0 Å². The van der Waals surface area contributed by atoms with Gasteiger partial charge >= 0.3 is 6.09 Å². The minimum absolute atomic E-state index is 0.216. The number of carbonyl (C=O) groups is 1. The molecule has 0 radical (unpaired) electrons. The molecule has 0 unspecified atom stereocenters. The highest BCUT2D eigenvalue weighted by Gasteiger charge is 2.30. The van der Waals surface area contributed by atoms with E-state index in [0.29, 0.717) is 5.92 Å². The second-order valence-corrected chi connectivity index (χ2v) is 5.63. The van der Waals surface area contributed by atoms with Crippen LogP contribution in [-0.2, 0) is 4.74 Å². The Morgan fingerprint density at radius 3 is 2.56 bits per heavy atom. The monoisotopic (exact) mass is 228 g/mol. The molecule has 0 saturated carbocycles. The molecule has 0 aromatic rings. The van der Waals surface area contributed by atoms with Crippen LogP contribution in [0.25, 0.3) is 0 Å². The Bertz CT molecular complexity index is 248. The van der Waals surface area contributed by atoms with Crippen LogP contribution < -0.4 is 5.32 Å². The zero-order valence-electron chi connectivity index (χ0n) is 11.0. The molecule has 4 heteroatoms. The summed E-state index contributed by atoms with van der Waals surface area (Å²) in [6.07, 6.45) is 0.780. The number of ether oxygens (including phenoxy) is 1. The Kier molecular flexibility index (Phi) is 4.19. The predicted molar refractivity (Wildman–Crippen MR) is 64.4 cm³/mol. The third kappa shape index (κ3) is 3.67. The molecule has 0 aliphatic carbocycles. The van der Waals surface area contributed by atoms with Gasteiger partial charge in [-0.1, -0.05) is 6.92 Å². The van der Waals surface area contributed by atoms with E-state index in [1.165, 1.54) is 0 Å². The van der Waals surface area contributed by atoms with Crippen molar-refractivity contribution in [3.05, 3.63) is 0 Å². The summed E-state index contributed by atoms with van der Waals surface area (Å²) in [5, 5.41) is 3.33. The number of piperidine rings is 1. The van der Waals surface area contributed by atoms with E-state index in [-0.39, 0.29) is 12.1 Å². The first-order chi connectivity index (χ1) is 7.31. The summed E-state index contributed by atoms with van der Waals surface area (Å²) in [7, 11) is 1.83. The van der Waals surface area contributed by atoms with Gasteiger partial charge in [0.2, 0.25) is 0 Å². The molecular weight excluding hydrogens is 204 g/mol. The number of amides is 1. The molecule has 1 aliphatic heterocycles. The van der Waals surface area contributed by atoms with E-state index in [4.69, 9.17) is 4.74 Å². The van der Waals surface area contributed by atoms with Crippen molar-refractivity contribution in [2.75, 3.05) is 20.1 Å². The van der Waals surface area contributed by atoms with Crippen LogP contribution in [0.5, 0.6) is 0 Å². The predicted octanol–water partition coefficient (Wildman–Crippen LogP) is 1.85. The molecule has 1 fully saturated rings. The van der Waals surface area contributed by atoms with Crippen molar-refractivity contribution in [1.29, 1.82) is 0 Å². The first kappa shape index (κ1) is 13.3. The molecule has 1 N–H and O–H groups in total. The number of rotatable bonds is 1. The van der Waals surface area contributed by atoms with Crippen molar-refractivity contribution in [3.8, 4) is 0 Å². The molecule has 1 heterocycles. The molecule has 16 heavy (non-hydrogen) atoms. The van der Waals surface area contributed by atoms with Gasteiger partial charge in [0.15, 0.2) is 0 Å². The Morgan fingerprint density at radius 2 is 2.06 bits per heavy atom. The maximum Gasteiger partial charge on any atom is 0.410 e. The van der Waals surface area contributed by atoms with Crippen LogP contribution >= 0.6 is 0 Å².